The summed E-state index contributed by atoms with van der Waals surface area (Å²) >= 11 is 1.26. The van der Waals surface area contributed by atoms with Gasteiger partial charge in [0, 0.05) is 12.3 Å². The summed E-state index contributed by atoms with van der Waals surface area (Å²) in [6, 6.07) is 13.2. The van der Waals surface area contributed by atoms with Crippen molar-refractivity contribution >= 4 is 44.1 Å². The minimum absolute atomic E-state index is 0.0309. The van der Waals surface area contributed by atoms with Crippen LogP contribution in [0, 0.1) is 0 Å². The van der Waals surface area contributed by atoms with Crippen LogP contribution in [0.4, 0.5) is 10.8 Å². The van der Waals surface area contributed by atoms with Crippen molar-refractivity contribution in [3.63, 3.8) is 0 Å². The first-order valence-corrected chi connectivity index (χ1v) is 12.2. The minimum Gasteiger partial charge on any atom is -0.456 e. The molecule has 1 amide bonds. The molecule has 0 saturated heterocycles. The maximum atomic E-state index is 12.4. The van der Waals surface area contributed by atoms with Crippen molar-refractivity contribution < 1.29 is 22.7 Å². The molecule has 0 fully saturated rings. The lowest BCUT2D eigenvalue weighted by Crippen LogP contribution is -2.22. The molecule has 0 saturated carbocycles. The molecule has 0 spiro atoms. The zero-order chi connectivity index (χ0) is 23.3. The van der Waals surface area contributed by atoms with E-state index < -0.39 is 16.0 Å². The lowest BCUT2D eigenvalue weighted by Gasteiger charge is -2.18. The Morgan fingerprint density at radius 1 is 1.16 bits per heavy atom. The lowest BCUT2D eigenvalue weighted by molar-refractivity contribution is -0.115. The average molecular weight is 474 g/mol. The smallest absolute Gasteiger partial charge is 0.338 e. The van der Waals surface area contributed by atoms with E-state index in [0.29, 0.717) is 16.5 Å². The number of carbonyl (C=O) groups excluding carboxylic acids is 2. The summed E-state index contributed by atoms with van der Waals surface area (Å²) in [4.78, 5) is 30.5. The van der Waals surface area contributed by atoms with Gasteiger partial charge in [-0.1, -0.05) is 25.1 Å². The predicted octanol–water partition coefficient (Wildman–Crippen LogP) is 3.66. The summed E-state index contributed by atoms with van der Waals surface area (Å²) in [5.74, 6) is -0.860. The van der Waals surface area contributed by atoms with Crippen molar-refractivity contribution in [2.45, 2.75) is 31.8 Å². The van der Waals surface area contributed by atoms with Crippen LogP contribution in [0.25, 0.3) is 0 Å². The molecule has 0 unspecified atom stereocenters. The number of esters is 1. The average Bonchev–Trinajstić information content (AvgIpc) is 3.26. The maximum Gasteiger partial charge on any atom is 0.338 e. The molecular weight excluding hydrogens is 450 g/mol. The van der Waals surface area contributed by atoms with E-state index in [-0.39, 0.29) is 23.0 Å². The van der Waals surface area contributed by atoms with E-state index in [0.717, 1.165) is 12.0 Å². The van der Waals surface area contributed by atoms with E-state index in [4.69, 9.17) is 4.74 Å². The number of amides is 1. The second-order valence-electron chi connectivity index (χ2n) is 6.81. The van der Waals surface area contributed by atoms with Gasteiger partial charge in [-0.05, 0) is 49.4 Å². The van der Waals surface area contributed by atoms with Crippen molar-refractivity contribution in [1.82, 2.24) is 9.71 Å². The Labute approximate surface area is 190 Å². The fraction of sp³-hybridized carbons (Fsp3) is 0.227. The van der Waals surface area contributed by atoms with Crippen LogP contribution in [-0.2, 0) is 32.6 Å². The second kappa shape index (κ2) is 10.0. The number of benzene rings is 2. The van der Waals surface area contributed by atoms with Crippen LogP contribution in [0.3, 0.4) is 0 Å². The number of carbonyl (C=O) groups is 2. The molecule has 1 N–H and O–H groups in total. The first-order valence-electron chi connectivity index (χ1n) is 9.80. The zero-order valence-corrected chi connectivity index (χ0v) is 19.5. The quantitative estimate of drug-likeness (QED) is 0.501. The van der Waals surface area contributed by atoms with Gasteiger partial charge in [0.1, 0.15) is 6.61 Å². The molecule has 0 aliphatic rings. The second-order valence-corrected chi connectivity index (χ2v) is 9.53. The van der Waals surface area contributed by atoms with Gasteiger partial charge < -0.3 is 4.74 Å². The maximum absolute atomic E-state index is 12.4. The highest BCUT2D eigenvalue weighted by atomic mass is 32.2. The van der Waals surface area contributed by atoms with Crippen molar-refractivity contribution in [1.29, 1.82) is 0 Å². The van der Waals surface area contributed by atoms with Crippen molar-refractivity contribution in [2.75, 3.05) is 11.9 Å². The zero-order valence-electron chi connectivity index (χ0n) is 17.9. The Bertz CT molecular complexity index is 1220. The van der Waals surface area contributed by atoms with Crippen LogP contribution >= 0.6 is 11.3 Å². The SMILES string of the molecule is CCc1ccc(N(C(C)=O)c2nc(COC(=O)c3cccc(S(=O)(=O)NC)c3)cs2)cc1. The van der Waals surface area contributed by atoms with E-state index in [2.05, 4.69) is 16.6 Å². The molecule has 1 heterocycles. The summed E-state index contributed by atoms with van der Waals surface area (Å²) in [6.07, 6.45) is 0.900. The number of anilines is 2. The molecule has 0 atom stereocenters. The van der Waals surface area contributed by atoms with E-state index in [1.165, 1.54) is 54.5 Å². The monoisotopic (exact) mass is 473 g/mol. The molecule has 3 rings (SSSR count). The number of aromatic nitrogens is 1. The van der Waals surface area contributed by atoms with Gasteiger partial charge in [-0.15, -0.1) is 11.3 Å². The Morgan fingerprint density at radius 2 is 1.88 bits per heavy atom. The number of nitrogens with zero attached hydrogens (tertiary/aromatic N) is 2. The summed E-state index contributed by atoms with van der Waals surface area (Å²) < 4.78 is 31.3. The third-order valence-electron chi connectivity index (χ3n) is 4.65. The van der Waals surface area contributed by atoms with Gasteiger partial charge in [0.2, 0.25) is 15.9 Å². The lowest BCUT2D eigenvalue weighted by atomic mass is 10.1. The molecule has 168 valence electrons. The third kappa shape index (κ3) is 5.39. The first-order chi connectivity index (χ1) is 15.2. The van der Waals surface area contributed by atoms with Crippen molar-refractivity contribution in [3.05, 3.63) is 70.7 Å². The summed E-state index contributed by atoms with van der Waals surface area (Å²) in [7, 11) is -2.38. The molecule has 3 aromatic rings. The van der Waals surface area contributed by atoms with Gasteiger partial charge in [-0.2, -0.15) is 0 Å². The molecule has 0 bridgehead atoms. The number of ether oxygens (including phenoxy) is 1. The van der Waals surface area contributed by atoms with Gasteiger partial charge in [0.25, 0.3) is 0 Å². The van der Waals surface area contributed by atoms with Crippen LogP contribution in [-0.4, -0.2) is 32.3 Å². The molecule has 32 heavy (non-hydrogen) atoms. The summed E-state index contributed by atoms with van der Waals surface area (Å²) in [5.41, 5.74) is 2.46. The molecule has 10 heteroatoms. The fourth-order valence-electron chi connectivity index (χ4n) is 2.90. The topological polar surface area (TPSA) is 106 Å². The highest BCUT2D eigenvalue weighted by molar-refractivity contribution is 7.89. The van der Waals surface area contributed by atoms with E-state index >= 15 is 0 Å². The number of hydrogen-bond acceptors (Lipinski definition) is 7. The Morgan fingerprint density at radius 3 is 2.50 bits per heavy atom. The number of hydrogen-bond donors (Lipinski definition) is 1. The molecular formula is C22H23N3O5S2. The first kappa shape index (κ1) is 23.6. The predicted molar refractivity (Wildman–Crippen MR) is 123 cm³/mol. The summed E-state index contributed by atoms with van der Waals surface area (Å²) in [5, 5.41) is 2.18. The van der Waals surface area contributed by atoms with Crippen molar-refractivity contribution in [2.24, 2.45) is 0 Å². The molecule has 8 nitrogen and oxygen atoms in total. The van der Waals surface area contributed by atoms with Gasteiger partial charge in [-0.3, -0.25) is 9.69 Å². The third-order valence-corrected chi connectivity index (χ3v) is 6.94. The van der Waals surface area contributed by atoms with Gasteiger partial charge >= 0.3 is 5.97 Å². The largest absolute Gasteiger partial charge is 0.456 e. The molecule has 2 aromatic carbocycles. The highest BCUT2D eigenvalue weighted by Crippen LogP contribution is 2.29. The van der Waals surface area contributed by atoms with Crippen LogP contribution in [0.15, 0.2) is 58.8 Å². The van der Waals surface area contributed by atoms with E-state index in [9.17, 15) is 18.0 Å². The summed E-state index contributed by atoms with van der Waals surface area (Å²) in [6.45, 7) is 3.40. The van der Waals surface area contributed by atoms with Gasteiger partial charge in [-0.25, -0.2) is 22.9 Å². The van der Waals surface area contributed by atoms with Crippen LogP contribution < -0.4 is 9.62 Å². The van der Waals surface area contributed by atoms with E-state index in [1.54, 1.807) is 5.38 Å². The van der Waals surface area contributed by atoms with Gasteiger partial charge in [0.05, 0.1) is 21.8 Å². The highest BCUT2D eigenvalue weighted by Gasteiger charge is 2.19. The number of rotatable bonds is 8. The Kier molecular flexibility index (Phi) is 7.39. The van der Waals surface area contributed by atoms with Crippen LogP contribution in [0.1, 0.15) is 35.5 Å². The standard InChI is InChI=1S/C22H23N3O5S2/c1-4-16-8-10-19(11-9-16)25(15(2)26)22-24-18(14-31-22)13-30-21(27)17-6-5-7-20(12-17)32(28,29)23-3/h5-12,14,23H,4,13H2,1-3H3. The number of sulfonamides is 1. The molecule has 1 aromatic heterocycles. The number of nitrogens with one attached hydrogen (secondary N) is 1. The molecule has 0 aliphatic carbocycles. The molecule has 0 aliphatic heterocycles. The van der Waals surface area contributed by atoms with Gasteiger partial charge in [0.15, 0.2) is 5.13 Å². The molecule has 0 radical (unpaired) electrons. The number of thiazole rings is 1. The Balaban J connectivity index is 1.72. The van der Waals surface area contributed by atoms with Crippen LogP contribution in [0.2, 0.25) is 0 Å². The number of aryl methyl sites for hydroxylation is 1. The van der Waals surface area contributed by atoms with Crippen LogP contribution in [0.5, 0.6) is 0 Å². The fourth-order valence-corrected chi connectivity index (χ4v) is 4.55. The van der Waals surface area contributed by atoms with E-state index in [1.807, 2.05) is 24.3 Å². The van der Waals surface area contributed by atoms with Crippen molar-refractivity contribution in [3.8, 4) is 0 Å². The Hall–Kier alpha value is -3.08. The minimum atomic E-state index is -3.67. The normalized spacial score (nSPS) is 11.2.